The van der Waals surface area contributed by atoms with Crippen molar-refractivity contribution in [2.75, 3.05) is 0 Å². The maximum atomic E-state index is 12.9. The van der Waals surface area contributed by atoms with Crippen molar-refractivity contribution in [1.29, 1.82) is 0 Å². The number of nitrogens with zero attached hydrogens (tertiary/aromatic N) is 1. The second-order valence-electron chi connectivity index (χ2n) is 5.80. The van der Waals surface area contributed by atoms with Crippen LogP contribution in [0.15, 0.2) is 89.8 Å². The molecule has 3 aromatic rings. The summed E-state index contributed by atoms with van der Waals surface area (Å²) in [6.45, 7) is 0. The highest BCUT2D eigenvalue weighted by molar-refractivity contribution is 7.87. The van der Waals surface area contributed by atoms with Gasteiger partial charge in [-0.15, -0.1) is 0 Å². The van der Waals surface area contributed by atoms with Gasteiger partial charge in [0.2, 0.25) is 0 Å². The molecule has 0 aromatic heterocycles. The molecule has 28 heavy (non-hydrogen) atoms. The largest absolute Gasteiger partial charge is 0.304 e. The number of hydrogen-bond acceptors (Lipinski definition) is 6. The van der Waals surface area contributed by atoms with Gasteiger partial charge in [-0.05, 0) is 11.6 Å². The van der Waals surface area contributed by atoms with Crippen molar-refractivity contribution < 1.29 is 22.3 Å². The molecular weight excluding hydrogens is 382 g/mol. The fraction of sp³-hybridized carbons (Fsp3) is 0.0500. The fourth-order valence-electron chi connectivity index (χ4n) is 2.63. The van der Waals surface area contributed by atoms with E-state index in [2.05, 4.69) is 0 Å². The molecule has 0 amide bonds. The predicted octanol–water partition coefficient (Wildman–Crippen LogP) is 3.92. The summed E-state index contributed by atoms with van der Waals surface area (Å²) in [5, 5.41) is 11.2. The van der Waals surface area contributed by atoms with Crippen LogP contribution in [0, 0.1) is 10.1 Å². The summed E-state index contributed by atoms with van der Waals surface area (Å²) >= 11 is 0. The van der Waals surface area contributed by atoms with Gasteiger partial charge in [-0.25, -0.2) is 4.18 Å². The van der Waals surface area contributed by atoms with Crippen molar-refractivity contribution in [2.24, 2.45) is 0 Å². The van der Waals surface area contributed by atoms with Crippen LogP contribution in [0.25, 0.3) is 0 Å². The first-order valence-electron chi connectivity index (χ1n) is 8.21. The summed E-state index contributed by atoms with van der Waals surface area (Å²) < 4.78 is 30.8. The Balaban J connectivity index is 2.05. The second kappa shape index (κ2) is 8.12. The number of carbonyl (C=O) groups excluding carboxylic acids is 1. The average Bonchev–Trinajstić information content (AvgIpc) is 2.73. The first-order valence-corrected chi connectivity index (χ1v) is 9.62. The zero-order valence-electron chi connectivity index (χ0n) is 14.5. The Morgan fingerprint density at radius 2 is 1.39 bits per heavy atom. The first kappa shape index (κ1) is 19.4. The Hall–Kier alpha value is -3.36. The minimum atomic E-state index is -4.60. The summed E-state index contributed by atoms with van der Waals surface area (Å²) in [4.78, 5) is 22.7. The topological polar surface area (TPSA) is 104 Å². The van der Waals surface area contributed by atoms with Crippen LogP contribution in [0.3, 0.4) is 0 Å². The van der Waals surface area contributed by atoms with Gasteiger partial charge in [-0.2, -0.15) is 8.42 Å². The van der Waals surface area contributed by atoms with Crippen LogP contribution in [-0.4, -0.2) is 19.1 Å². The number of hydrogen-bond donors (Lipinski definition) is 0. The molecule has 0 spiro atoms. The first-order chi connectivity index (χ1) is 13.4. The Morgan fingerprint density at radius 3 is 2.00 bits per heavy atom. The van der Waals surface area contributed by atoms with Gasteiger partial charge in [0.25, 0.3) is 5.69 Å². The number of Topliss-reactive ketones (excluding diaryl/α,β-unsaturated/α-hetero) is 1. The zero-order chi connectivity index (χ0) is 20.1. The number of nitro groups is 1. The second-order valence-corrected chi connectivity index (χ2v) is 7.34. The Kier molecular flexibility index (Phi) is 5.62. The Morgan fingerprint density at radius 1 is 0.857 bits per heavy atom. The van der Waals surface area contributed by atoms with E-state index >= 15 is 0 Å². The number of para-hydroxylation sites is 1. The van der Waals surface area contributed by atoms with Crippen LogP contribution in [0.1, 0.15) is 22.0 Å². The number of ketones is 1. The van der Waals surface area contributed by atoms with E-state index in [0.29, 0.717) is 5.56 Å². The molecule has 0 fully saturated rings. The normalized spacial score (nSPS) is 12.3. The molecule has 0 bridgehead atoms. The number of carbonyl (C=O) groups is 1. The maximum absolute atomic E-state index is 12.9. The van der Waals surface area contributed by atoms with E-state index in [0.717, 1.165) is 12.1 Å². The van der Waals surface area contributed by atoms with Crippen molar-refractivity contribution in [3.05, 3.63) is 106 Å². The summed E-state index contributed by atoms with van der Waals surface area (Å²) in [5.41, 5.74) is -0.0471. The monoisotopic (exact) mass is 397 g/mol. The Labute approximate surface area is 161 Å². The van der Waals surface area contributed by atoms with Crippen LogP contribution < -0.4 is 0 Å². The summed E-state index contributed by atoms with van der Waals surface area (Å²) in [5.74, 6) is -0.575. The number of rotatable bonds is 7. The molecule has 0 saturated carbocycles. The lowest BCUT2D eigenvalue weighted by molar-refractivity contribution is -0.387. The highest BCUT2D eigenvalue weighted by Gasteiger charge is 2.33. The molecule has 0 radical (unpaired) electrons. The van der Waals surface area contributed by atoms with E-state index in [1.165, 1.54) is 12.1 Å². The van der Waals surface area contributed by atoms with Gasteiger partial charge in [0, 0.05) is 11.6 Å². The van der Waals surface area contributed by atoms with Crippen molar-refractivity contribution in [2.45, 2.75) is 11.0 Å². The molecule has 142 valence electrons. The summed E-state index contributed by atoms with van der Waals surface area (Å²) in [7, 11) is -4.60. The molecule has 8 heteroatoms. The quantitative estimate of drug-likeness (QED) is 0.259. The third-order valence-corrected chi connectivity index (χ3v) is 5.28. The lowest BCUT2D eigenvalue weighted by Crippen LogP contribution is -2.21. The van der Waals surface area contributed by atoms with Crippen LogP contribution in [0.5, 0.6) is 0 Å². The number of nitro benzene ring substituents is 1. The van der Waals surface area contributed by atoms with Gasteiger partial charge in [0.15, 0.2) is 16.8 Å². The molecule has 3 rings (SSSR count). The van der Waals surface area contributed by atoms with Crippen LogP contribution in [0.2, 0.25) is 0 Å². The van der Waals surface area contributed by atoms with Gasteiger partial charge in [0.05, 0.1) is 4.92 Å². The summed E-state index contributed by atoms with van der Waals surface area (Å²) in [6, 6.07) is 21.0. The molecule has 3 aromatic carbocycles. The lowest BCUT2D eigenvalue weighted by Gasteiger charge is -2.17. The molecule has 0 aliphatic carbocycles. The summed E-state index contributed by atoms with van der Waals surface area (Å²) in [6.07, 6.45) is -1.48. The maximum Gasteiger partial charge on any atom is 0.304 e. The third-order valence-electron chi connectivity index (χ3n) is 3.95. The van der Waals surface area contributed by atoms with Gasteiger partial charge in [-0.3, -0.25) is 14.9 Å². The van der Waals surface area contributed by atoms with Crippen molar-refractivity contribution >= 4 is 21.6 Å². The van der Waals surface area contributed by atoms with Crippen molar-refractivity contribution in [3.8, 4) is 0 Å². The van der Waals surface area contributed by atoms with Gasteiger partial charge in [0.1, 0.15) is 0 Å². The molecule has 0 N–H and O–H groups in total. The molecule has 0 aliphatic rings. The molecular formula is C20H15NO6S. The molecule has 7 nitrogen and oxygen atoms in total. The molecule has 1 unspecified atom stereocenters. The smallest absolute Gasteiger partial charge is 0.291 e. The average molecular weight is 397 g/mol. The van der Waals surface area contributed by atoms with E-state index in [4.69, 9.17) is 4.18 Å². The number of benzene rings is 3. The van der Waals surface area contributed by atoms with E-state index < -0.39 is 37.5 Å². The van der Waals surface area contributed by atoms with E-state index in [9.17, 15) is 23.3 Å². The van der Waals surface area contributed by atoms with Gasteiger partial charge in [-0.1, -0.05) is 72.8 Å². The predicted molar refractivity (Wildman–Crippen MR) is 101 cm³/mol. The minimum Gasteiger partial charge on any atom is -0.291 e. The highest BCUT2D eigenvalue weighted by Crippen LogP contribution is 2.31. The van der Waals surface area contributed by atoms with Crippen LogP contribution in [-0.2, 0) is 14.3 Å². The molecule has 0 heterocycles. The van der Waals surface area contributed by atoms with Crippen LogP contribution >= 0.6 is 0 Å². The SMILES string of the molecule is O=C(c1ccccc1)C(OS(=O)(=O)c1ccccc1[N+](=O)[O-])c1ccccc1. The minimum absolute atomic E-state index is 0.258. The third kappa shape index (κ3) is 4.13. The molecule has 0 saturated heterocycles. The van der Waals surface area contributed by atoms with Crippen LogP contribution in [0.4, 0.5) is 5.69 Å². The van der Waals surface area contributed by atoms with E-state index in [1.807, 2.05) is 0 Å². The molecule has 0 aliphatic heterocycles. The molecule has 1 atom stereocenters. The van der Waals surface area contributed by atoms with E-state index in [1.54, 1.807) is 60.7 Å². The van der Waals surface area contributed by atoms with E-state index in [-0.39, 0.29) is 5.56 Å². The van der Waals surface area contributed by atoms with Crippen molar-refractivity contribution in [1.82, 2.24) is 0 Å². The van der Waals surface area contributed by atoms with Crippen molar-refractivity contribution in [3.63, 3.8) is 0 Å². The fourth-order valence-corrected chi connectivity index (χ4v) is 3.83. The standard InChI is InChI=1S/C20H15NO6S/c22-19(15-9-3-1-4-10-15)20(16-11-5-2-6-12-16)27-28(25,26)18-14-8-7-13-17(18)21(23)24/h1-14,20H. The highest BCUT2D eigenvalue weighted by atomic mass is 32.2. The zero-order valence-corrected chi connectivity index (χ0v) is 15.3. The van der Waals surface area contributed by atoms with Gasteiger partial charge < -0.3 is 0 Å². The van der Waals surface area contributed by atoms with Gasteiger partial charge >= 0.3 is 10.1 Å². The Bertz CT molecular complexity index is 1100. The lowest BCUT2D eigenvalue weighted by atomic mass is 10.0.